The number of nitrogens with zero attached hydrogens (tertiary/aromatic N) is 2. The summed E-state index contributed by atoms with van der Waals surface area (Å²) in [5, 5.41) is 9.83. The van der Waals surface area contributed by atoms with Crippen LogP contribution in [0, 0.1) is 0 Å². The van der Waals surface area contributed by atoms with E-state index < -0.39 is 0 Å². The van der Waals surface area contributed by atoms with E-state index in [1.165, 1.54) is 49.0 Å². The van der Waals surface area contributed by atoms with Gasteiger partial charge in [-0.15, -0.1) is 0 Å². The third kappa shape index (κ3) is 3.14. The Balaban J connectivity index is 1.41. The first-order valence-electron chi connectivity index (χ1n) is 12.9. The molecule has 176 valence electrons. The predicted octanol–water partition coefficient (Wildman–Crippen LogP) is 9.58. The molecule has 2 heteroatoms. The highest BCUT2D eigenvalue weighted by molar-refractivity contribution is 6.24. The highest BCUT2D eigenvalue weighted by atomic mass is 14.7. The van der Waals surface area contributed by atoms with Gasteiger partial charge in [0.1, 0.15) is 0 Å². The highest BCUT2D eigenvalue weighted by Gasteiger charge is 2.14. The molecule has 0 bridgehead atoms. The molecule has 2 aromatic heterocycles. The minimum absolute atomic E-state index is 1.04. The Morgan fingerprint density at radius 3 is 1.82 bits per heavy atom. The second kappa shape index (κ2) is 8.22. The number of hydrogen-bond acceptors (Lipinski definition) is 2. The lowest BCUT2D eigenvalue weighted by Crippen LogP contribution is -1.89. The summed E-state index contributed by atoms with van der Waals surface area (Å²) in [7, 11) is 0. The molecule has 8 rings (SSSR count). The van der Waals surface area contributed by atoms with E-state index in [0.29, 0.717) is 0 Å². The third-order valence-corrected chi connectivity index (χ3v) is 7.71. The maximum atomic E-state index is 4.75. The fraction of sp³-hybridized carbons (Fsp3) is 0. The first-order chi connectivity index (χ1) is 18.8. The van der Waals surface area contributed by atoms with Crippen molar-refractivity contribution in [1.29, 1.82) is 0 Å². The van der Waals surface area contributed by atoms with Crippen molar-refractivity contribution in [2.75, 3.05) is 0 Å². The molecule has 0 saturated carbocycles. The molecule has 2 heterocycles. The van der Waals surface area contributed by atoms with Crippen molar-refractivity contribution in [3.8, 4) is 22.3 Å². The Bertz CT molecular complexity index is 2180. The van der Waals surface area contributed by atoms with Crippen LogP contribution in [-0.2, 0) is 0 Å². The van der Waals surface area contributed by atoms with Gasteiger partial charge in [-0.1, -0.05) is 97.1 Å². The van der Waals surface area contributed by atoms with Crippen LogP contribution < -0.4 is 0 Å². The fourth-order valence-electron chi connectivity index (χ4n) is 5.99. The molecule has 0 radical (unpaired) electrons. The van der Waals surface area contributed by atoms with Crippen molar-refractivity contribution in [2.24, 2.45) is 0 Å². The second-order valence-corrected chi connectivity index (χ2v) is 9.83. The first kappa shape index (κ1) is 21.0. The Hall–Kier alpha value is -5.08. The summed E-state index contributed by atoms with van der Waals surface area (Å²) < 4.78 is 0. The van der Waals surface area contributed by atoms with Gasteiger partial charge in [-0.3, -0.25) is 9.97 Å². The monoisotopic (exact) mass is 482 g/mol. The molecule has 0 fully saturated rings. The summed E-state index contributed by atoms with van der Waals surface area (Å²) >= 11 is 0. The van der Waals surface area contributed by atoms with E-state index >= 15 is 0 Å². The minimum atomic E-state index is 1.04. The summed E-state index contributed by atoms with van der Waals surface area (Å²) in [6.45, 7) is 0. The van der Waals surface area contributed by atoms with Crippen molar-refractivity contribution in [3.63, 3.8) is 0 Å². The van der Waals surface area contributed by atoms with Crippen LogP contribution in [0.3, 0.4) is 0 Å². The van der Waals surface area contributed by atoms with E-state index in [1.54, 1.807) is 0 Å². The van der Waals surface area contributed by atoms with Crippen molar-refractivity contribution >= 4 is 54.1 Å². The Kier molecular flexibility index (Phi) is 4.55. The summed E-state index contributed by atoms with van der Waals surface area (Å²) in [6, 6.07) is 43.5. The number of rotatable bonds is 2. The molecule has 2 nitrogen and oxygen atoms in total. The van der Waals surface area contributed by atoms with Crippen LogP contribution in [0.5, 0.6) is 0 Å². The van der Waals surface area contributed by atoms with Crippen LogP contribution in [0.4, 0.5) is 0 Å². The molecule has 0 saturated heterocycles. The van der Waals surface area contributed by atoms with Crippen molar-refractivity contribution < 1.29 is 0 Å². The third-order valence-electron chi connectivity index (χ3n) is 7.71. The molecular weight excluding hydrogens is 460 g/mol. The zero-order valence-electron chi connectivity index (χ0n) is 20.6. The molecular formula is C36H22N2. The molecule has 0 amide bonds. The summed E-state index contributed by atoms with van der Waals surface area (Å²) in [5.74, 6) is 0. The van der Waals surface area contributed by atoms with Gasteiger partial charge in [-0.05, 0) is 67.7 Å². The summed E-state index contributed by atoms with van der Waals surface area (Å²) in [5.41, 5.74) is 6.80. The van der Waals surface area contributed by atoms with E-state index in [9.17, 15) is 0 Å². The average Bonchev–Trinajstić information content (AvgIpc) is 2.99. The van der Waals surface area contributed by atoms with Gasteiger partial charge in [0.15, 0.2) is 0 Å². The van der Waals surface area contributed by atoms with Gasteiger partial charge in [-0.25, -0.2) is 0 Å². The van der Waals surface area contributed by atoms with E-state index in [1.807, 2.05) is 24.5 Å². The molecule has 0 atom stereocenters. The van der Waals surface area contributed by atoms with Crippen LogP contribution >= 0.6 is 0 Å². The van der Waals surface area contributed by atoms with Crippen molar-refractivity contribution in [2.45, 2.75) is 0 Å². The highest BCUT2D eigenvalue weighted by Crippen LogP contribution is 2.41. The van der Waals surface area contributed by atoms with Gasteiger partial charge in [0, 0.05) is 34.3 Å². The predicted molar refractivity (Wildman–Crippen MR) is 160 cm³/mol. The summed E-state index contributed by atoms with van der Waals surface area (Å²) in [4.78, 5) is 9.43. The molecule has 0 aliphatic rings. The quantitative estimate of drug-likeness (QED) is 0.229. The standard InChI is InChI=1S/C36H22N2/c1-2-12-31-30(11-1)33(32-14-4-8-24-10-6-20-38-36(24)32)22-27-16-15-25-21-26(17-18-28(25)34(27)31)29-13-3-7-23-9-5-19-37-35(23)29/h1-22H. The zero-order chi connectivity index (χ0) is 25.1. The van der Waals surface area contributed by atoms with Gasteiger partial charge in [0.25, 0.3) is 0 Å². The maximum absolute atomic E-state index is 4.75. The van der Waals surface area contributed by atoms with Crippen molar-refractivity contribution in [3.05, 3.63) is 134 Å². The molecule has 0 spiro atoms. The fourth-order valence-corrected chi connectivity index (χ4v) is 5.99. The van der Waals surface area contributed by atoms with E-state index in [4.69, 9.17) is 4.98 Å². The number of fused-ring (bicyclic) bond motifs is 7. The number of benzene rings is 6. The van der Waals surface area contributed by atoms with Crippen LogP contribution in [0.15, 0.2) is 134 Å². The van der Waals surface area contributed by atoms with Crippen molar-refractivity contribution in [1.82, 2.24) is 9.97 Å². The van der Waals surface area contributed by atoms with Gasteiger partial charge in [0.05, 0.1) is 11.0 Å². The van der Waals surface area contributed by atoms with E-state index in [0.717, 1.165) is 27.4 Å². The number of aromatic nitrogens is 2. The topological polar surface area (TPSA) is 25.8 Å². The molecule has 0 aliphatic carbocycles. The summed E-state index contributed by atoms with van der Waals surface area (Å²) in [6.07, 6.45) is 3.75. The van der Waals surface area contributed by atoms with Gasteiger partial charge in [0.2, 0.25) is 0 Å². The minimum Gasteiger partial charge on any atom is -0.256 e. The lowest BCUT2D eigenvalue weighted by molar-refractivity contribution is 1.41. The van der Waals surface area contributed by atoms with Gasteiger partial charge in [-0.2, -0.15) is 0 Å². The Morgan fingerprint density at radius 2 is 1.03 bits per heavy atom. The SMILES string of the molecule is c1cnc2c(-c3ccc4c(ccc5cc(-c6cccc7cccnc67)c6ccccc6c54)c3)cccc2c1. The van der Waals surface area contributed by atoms with E-state index in [-0.39, 0.29) is 0 Å². The Labute approximate surface area is 219 Å². The molecule has 0 aliphatic heterocycles. The lowest BCUT2D eigenvalue weighted by atomic mass is 9.89. The molecule has 6 aromatic carbocycles. The van der Waals surface area contributed by atoms with Gasteiger partial charge < -0.3 is 0 Å². The average molecular weight is 483 g/mol. The van der Waals surface area contributed by atoms with Crippen LogP contribution in [0.1, 0.15) is 0 Å². The Morgan fingerprint density at radius 1 is 0.368 bits per heavy atom. The second-order valence-electron chi connectivity index (χ2n) is 9.83. The molecule has 0 N–H and O–H groups in total. The smallest absolute Gasteiger partial charge is 0.0780 e. The maximum Gasteiger partial charge on any atom is 0.0780 e. The number of para-hydroxylation sites is 2. The normalized spacial score (nSPS) is 11.7. The lowest BCUT2D eigenvalue weighted by Gasteiger charge is -2.15. The number of pyridine rings is 2. The zero-order valence-corrected chi connectivity index (χ0v) is 20.6. The first-order valence-corrected chi connectivity index (χ1v) is 12.9. The van der Waals surface area contributed by atoms with Crippen LogP contribution in [0.25, 0.3) is 76.4 Å². The van der Waals surface area contributed by atoms with Crippen LogP contribution in [0.2, 0.25) is 0 Å². The number of hydrogen-bond donors (Lipinski definition) is 0. The van der Waals surface area contributed by atoms with E-state index in [2.05, 4.69) is 114 Å². The van der Waals surface area contributed by atoms with Crippen LogP contribution in [-0.4, -0.2) is 9.97 Å². The molecule has 8 aromatic rings. The molecule has 0 unspecified atom stereocenters. The van der Waals surface area contributed by atoms with Gasteiger partial charge >= 0.3 is 0 Å². The molecule has 38 heavy (non-hydrogen) atoms. The largest absolute Gasteiger partial charge is 0.256 e.